The Bertz CT molecular complexity index is 1130. The van der Waals surface area contributed by atoms with Crippen LogP contribution in [0, 0.1) is 0 Å². The monoisotopic (exact) mass is 435 g/mol. The Morgan fingerprint density at radius 1 is 1.25 bits per heavy atom. The zero-order valence-electron chi connectivity index (χ0n) is 17.4. The molecule has 32 heavy (non-hydrogen) atoms. The standard InChI is InChI=1S/C22H25N7O3/c23-14-5-8-29(22(32)18-12-25-6-7-26-18)19(10-14)21(31)28-17(20(24)30)9-13-11-27-16-4-2-1-3-15(13)16/h1-4,6-7,11-12,14,17,19,27H,5,8-10,23H2,(H2,24,30)(H,28,31)/t14-,17-,19-/m0/s1. The number of rotatable bonds is 6. The van der Waals surface area contributed by atoms with E-state index in [0.29, 0.717) is 13.0 Å². The summed E-state index contributed by atoms with van der Waals surface area (Å²) in [4.78, 5) is 50.8. The maximum atomic E-state index is 13.2. The zero-order valence-corrected chi connectivity index (χ0v) is 17.4. The van der Waals surface area contributed by atoms with Crippen molar-refractivity contribution in [3.8, 4) is 0 Å². The molecule has 10 nitrogen and oxygen atoms in total. The van der Waals surface area contributed by atoms with Gasteiger partial charge in [0.15, 0.2) is 0 Å². The smallest absolute Gasteiger partial charge is 0.274 e. The number of amides is 3. The van der Waals surface area contributed by atoms with Crippen LogP contribution in [-0.4, -0.2) is 62.2 Å². The van der Waals surface area contributed by atoms with Crippen molar-refractivity contribution in [3.05, 3.63) is 60.3 Å². The van der Waals surface area contributed by atoms with Crippen LogP contribution in [0.15, 0.2) is 49.1 Å². The van der Waals surface area contributed by atoms with E-state index in [0.717, 1.165) is 16.5 Å². The zero-order chi connectivity index (χ0) is 22.7. The fourth-order valence-electron chi connectivity index (χ4n) is 4.05. The van der Waals surface area contributed by atoms with Crippen LogP contribution in [-0.2, 0) is 16.0 Å². The van der Waals surface area contributed by atoms with Crippen LogP contribution in [0.1, 0.15) is 28.9 Å². The summed E-state index contributed by atoms with van der Waals surface area (Å²) in [6, 6.07) is 5.66. The van der Waals surface area contributed by atoms with Crippen molar-refractivity contribution in [1.29, 1.82) is 0 Å². The summed E-state index contributed by atoms with van der Waals surface area (Å²) in [5, 5.41) is 3.68. The van der Waals surface area contributed by atoms with E-state index in [4.69, 9.17) is 11.5 Å². The summed E-state index contributed by atoms with van der Waals surface area (Å²) in [6.45, 7) is 0.304. The normalized spacial score (nSPS) is 19.5. The molecule has 1 saturated heterocycles. The first-order valence-electron chi connectivity index (χ1n) is 10.4. The molecule has 0 bridgehead atoms. The molecular formula is C22H25N7O3. The number of piperidine rings is 1. The Morgan fingerprint density at radius 3 is 2.81 bits per heavy atom. The van der Waals surface area contributed by atoms with Crippen LogP contribution >= 0.6 is 0 Å². The van der Waals surface area contributed by atoms with Gasteiger partial charge in [0.05, 0.1) is 6.20 Å². The quantitative estimate of drug-likeness (QED) is 0.430. The second-order valence-electron chi connectivity index (χ2n) is 7.92. The van der Waals surface area contributed by atoms with Crippen LogP contribution in [0.4, 0.5) is 0 Å². The van der Waals surface area contributed by atoms with Crippen molar-refractivity contribution in [1.82, 2.24) is 25.2 Å². The average molecular weight is 435 g/mol. The number of primary amides is 1. The molecule has 0 radical (unpaired) electrons. The second kappa shape index (κ2) is 9.15. The number of nitrogens with two attached hydrogens (primary N) is 2. The van der Waals surface area contributed by atoms with Crippen LogP contribution in [0.5, 0.6) is 0 Å². The number of aromatic amines is 1. The minimum atomic E-state index is -0.937. The average Bonchev–Trinajstić information content (AvgIpc) is 3.21. The number of aromatic nitrogens is 3. The Balaban J connectivity index is 1.53. The van der Waals surface area contributed by atoms with Gasteiger partial charge < -0.3 is 26.7 Å². The summed E-state index contributed by atoms with van der Waals surface area (Å²) in [5.41, 5.74) is 13.6. The van der Waals surface area contributed by atoms with Crippen molar-refractivity contribution in [3.63, 3.8) is 0 Å². The van der Waals surface area contributed by atoms with Crippen LogP contribution in [0.2, 0.25) is 0 Å². The maximum Gasteiger partial charge on any atom is 0.274 e. The fraction of sp³-hybridized carbons (Fsp3) is 0.318. The number of para-hydroxylation sites is 1. The highest BCUT2D eigenvalue weighted by Crippen LogP contribution is 2.21. The number of carbonyl (C=O) groups excluding carboxylic acids is 3. The molecule has 4 rings (SSSR count). The van der Waals surface area contributed by atoms with E-state index in [-0.39, 0.29) is 24.6 Å². The highest BCUT2D eigenvalue weighted by Gasteiger charge is 2.37. The Labute approximate surface area is 184 Å². The molecule has 3 heterocycles. The molecule has 0 unspecified atom stereocenters. The largest absolute Gasteiger partial charge is 0.368 e. The Kier molecular flexibility index (Phi) is 6.13. The number of fused-ring (bicyclic) bond motifs is 1. The molecule has 3 amide bonds. The first kappa shape index (κ1) is 21.4. The summed E-state index contributed by atoms with van der Waals surface area (Å²) in [6.07, 6.45) is 7.10. The molecule has 166 valence electrons. The molecule has 3 atom stereocenters. The molecule has 6 N–H and O–H groups in total. The molecular weight excluding hydrogens is 410 g/mol. The number of nitrogens with zero attached hydrogens (tertiary/aromatic N) is 3. The van der Waals surface area contributed by atoms with Gasteiger partial charge in [-0.25, -0.2) is 4.98 Å². The van der Waals surface area contributed by atoms with Gasteiger partial charge in [-0.2, -0.15) is 0 Å². The topological polar surface area (TPSA) is 160 Å². The minimum absolute atomic E-state index is 0.144. The van der Waals surface area contributed by atoms with Gasteiger partial charge in [0.25, 0.3) is 5.91 Å². The van der Waals surface area contributed by atoms with E-state index >= 15 is 0 Å². The third-order valence-corrected chi connectivity index (χ3v) is 5.75. The van der Waals surface area contributed by atoms with Crippen molar-refractivity contribution in [2.24, 2.45) is 11.5 Å². The number of likely N-dealkylation sites (tertiary alicyclic amines) is 1. The van der Waals surface area contributed by atoms with E-state index in [1.807, 2.05) is 24.3 Å². The predicted octanol–water partition coefficient (Wildman–Crippen LogP) is 0.103. The lowest BCUT2D eigenvalue weighted by atomic mass is 9.96. The SMILES string of the molecule is NC(=O)[C@H](Cc1c[nH]c2ccccc12)NC(=O)[C@@H]1C[C@@H](N)CCN1C(=O)c1cnccn1. The van der Waals surface area contributed by atoms with E-state index in [1.165, 1.54) is 23.5 Å². The number of nitrogens with one attached hydrogen (secondary N) is 2. The lowest BCUT2D eigenvalue weighted by Crippen LogP contribution is -2.59. The summed E-state index contributed by atoms with van der Waals surface area (Å²) < 4.78 is 0. The second-order valence-corrected chi connectivity index (χ2v) is 7.92. The molecule has 10 heteroatoms. The van der Waals surface area contributed by atoms with E-state index in [2.05, 4.69) is 20.3 Å². The summed E-state index contributed by atoms with van der Waals surface area (Å²) in [7, 11) is 0. The minimum Gasteiger partial charge on any atom is -0.368 e. The third-order valence-electron chi connectivity index (χ3n) is 5.75. The maximum absolute atomic E-state index is 13.2. The molecule has 2 aromatic heterocycles. The first-order valence-corrected chi connectivity index (χ1v) is 10.4. The van der Waals surface area contributed by atoms with Crippen LogP contribution in [0.3, 0.4) is 0 Å². The van der Waals surface area contributed by atoms with E-state index in [1.54, 1.807) is 6.20 Å². The summed E-state index contributed by atoms with van der Waals surface area (Å²) >= 11 is 0. The highest BCUT2D eigenvalue weighted by molar-refractivity contribution is 5.97. The number of carbonyl (C=O) groups is 3. The first-order chi connectivity index (χ1) is 15.4. The molecule has 0 saturated carbocycles. The lowest BCUT2D eigenvalue weighted by Gasteiger charge is -2.37. The van der Waals surface area contributed by atoms with Crippen LogP contribution in [0.25, 0.3) is 10.9 Å². The van der Waals surface area contributed by atoms with E-state index < -0.39 is 29.8 Å². The van der Waals surface area contributed by atoms with Gasteiger partial charge >= 0.3 is 0 Å². The molecule has 1 aromatic carbocycles. The molecule has 1 fully saturated rings. The summed E-state index contributed by atoms with van der Waals surface area (Å²) in [5.74, 6) is -1.53. The van der Waals surface area contributed by atoms with Gasteiger partial charge in [-0.05, 0) is 24.5 Å². The predicted molar refractivity (Wildman–Crippen MR) is 117 cm³/mol. The lowest BCUT2D eigenvalue weighted by molar-refractivity contribution is -0.131. The molecule has 0 aliphatic carbocycles. The Morgan fingerprint density at radius 2 is 2.06 bits per heavy atom. The van der Waals surface area contributed by atoms with Crippen LogP contribution < -0.4 is 16.8 Å². The van der Waals surface area contributed by atoms with Crippen molar-refractivity contribution >= 4 is 28.6 Å². The van der Waals surface area contributed by atoms with Crippen molar-refractivity contribution in [2.75, 3.05) is 6.54 Å². The van der Waals surface area contributed by atoms with Gasteiger partial charge in [0, 0.05) is 48.5 Å². The molecule has 1 aliphatic heterocycles. The fourth-order valence-corrected chi connectivity index (χ4v) is 4.05. The van der Waals surface area contributed by atoms with Gasteiger partial charge in [-0.1, -0.05) is 18.2 Å². The number of H-pyrrole nitrogens is 1. The highest BCUT2D eigenvalue weighted by atomic mass is 16.2. The molecule has 1 aliphatic rings. The van der Waals surface area contributed by atoms with Crippen molar-refractivity contribution in [2.45, 2.75) is 37.4 Å². The Hall–Kier alpha value is -3.79. The van der Waals surface area contributed by atoms with Gasteiger partial charge in [0.2, 0.25) is 11.8 Å². The number of benzene rings is 1. The number of hydrogen-bond acceptors (Lipinski definition) is 6. The molecule has 0 spiro atoms. The van der Waals surface area contributed by atoms with E-state index in [9.17, 15) is 14.4 Å². The number of hydrogen-bond donors (Lipinski definition) is 4. The third kappa shape index (κ3) is 4.45. The van der Waals surface area contributed by atoms with Gasteiger partial charge in [0.1, 0.15) is 17.8 Å². The molecule has 3 aromatic rings. The van der Waals surface area contributed by atoms with Crippen molar-refractivity contribution < 1.29 is 14.4 Å². The van der Waals surface area contributed by atoms with Gasteiger partial charge in [-0.15, -0.1) is 0 Å². The van der Waals surface area contributed by atoms with Gasteiger partial charge in [-0.3, -0.25) is 19.4 Å².